The Labute approximate surface area is 168 Å². The molecular weight excluding hydrogens is 374 g/mol. The molecule has 152 valence electrons. The molecule has 0 bridgehead atoms. The smallest absolute Gasteiger partial charge is 0.340 e. The van der Waals surface area contributed by atoms with E-state index in [1.54, 1.807) is 22.8 Å². The van der Waals surface area contributed by atoms with E-state index in [0.29, 0.717) is 16.7 Å². The molecule has 0 aliphatic carbocycles. The van der Waals surface area contributed by atoms with Gasteiger partial charge in [-0.1, -0.05) is 0 Å². The number of carbonyl (C=O) groups is 2. The van der Waals surface area contributed by atoms with E-state index >= 15 is 0 Å². The van der Waals surface area contributed by atoms with E-state index in [-0.39, 0.29) is 16.9 Å². The standard InChI is InChI=1S/C21H23N3O5/c1-5-23(6-2)13-7-10-16(17(25)11-13)24-12-22-15-9-8-14(20(26)28-3)18(19(15)24)21(27)29-4/h7-12,25H,5-6H2,1-4H3. The van der Waals surface area contributed by atoms with Crippen LogP contribution in [-0.4, -0.2) is 53.9 Å². The fourth-order valence-corrected chi connectivity index (χ4v) is 3.38. The lowest BCUT2D eigenvalue weighted by Gasteiger charge is -2.22. The molecule has 8 nitrogen and oxygen atoms in total. The van der Waals surface area contributed by atoms with Gasteiger partial charge in [0.05, 0.1) is 36.5 Å². The Bertz CT molecular complexity index is 1070. The molecule has 3 rings (SSSR count). The molecule has 1 aromatic heterocycles. The van der Waals surface area contributed by atoms with Crippen LogP contribution < -0.4 is 4.90 Å². The van der Waals surface area contributed by atoms with Gasteiger partial charge in [0, 0.05) is 24.8 Å². The second-order valence-corrected chi connectivity index (χ2v) is 6.30. The number of ether oxygens (including phenoxy) is 2. The van der Waals surface area contributed by atoms with Gasteiger partial charge >= 0.3 is 11.9 Å². The Morgan fingerprint density at radius 2 is 1.76 bits per heavy atom. The van der Waals surface area contributed by atoms with Gasteiger partial charge in [0.15, 0.2) is 0 Å². The largest absolute Gasteiger partial charge is 0.506 e. The lowest BCUT2D eigenvalue weighted by atomic mass is 10.0. The van der Waals surface area contributed by atoms with Gasteiger partial charge in [0.2, 0.25) is 0 Å². The Kier molecular flexibility index (Phi) is 5.72. The number of phenols is 1. The van der Waals surface area contributed by atoms with E-state index in [1.807, 2.05) is 19.9 Å². The molecular formula is C21H23N3O5. The number of aromatic hydroxyl groups is 1. The topological polar surface area (TPSA) is 93.9 Å². The molecule has 0 atom stereocenters. The first kappa shape index (κ1) is 20.2. The van der Waals surface area contributed by atoms with Crippen molar-refractivity contribution in [3.63, 3.8) is 0 Å². The lowest BCUT2D eigenvalue weighted by molar-refractivity contribution is 0.0557. The molecule has 0 aliphatic rings. The van der Waals surface area contributed by atoms with Crippen molar-refractivity contribution in [2.24, 2.45) is 0 Å². The number of esters is 2. The van der Waals surface area contributed by atoms with Crippen LogP contribution in [0.5, 0.6) is 5.75 Å². The fraction of sp³-hybridized carbons (Fsp3) is 0.286. The summed E-state index contributed by atoms with van der Waals surface area (Å²) in [6.45, 7) is 5.68. The van der Waals surface area contributed by atoms with Crippen LogP contribution >= 0.6 is 0 Å². The van der Waals surface area contributed by atoms with Crippen LogP contribution in [-0.2, 0) is 9.47 Å². The van der Waals surface area contributed by atoms with Crippen molar-refractivity contribution in [1.29, 1.82) is 0 Å². The summed E-state index contributed by atoms with van der Waals surface area (Å²) in [7, 11) is 2.47. The highest BCUT2D eigenvalue weighted by atomic mass is 16.5. The average molecular weight is 397 g/mol. The molecule has 0 fully saturated rings. The maximum atomic E-state index is 12.5. The summed E-state index contributed by atoms with van der Waals surface area (Å²) in [5.74, 6) is -1.34. The number of fused-ring (bicyclic) bond motifs is 1. The molecule has 1 N–H and O–H groups in total. The van der Waals surface area contributed by atoms with Crippen LogP contribution in [0.4, 0.5) is 5.69 Å². The SMILES string of the molecule is CCN(CC)c1ccc(-n2cnc3ccc(C(=O)OC)c(C(=O)OC)c32)c(O)c1. The molecule has 0 aliphatic heterocycles. The molecule has 3 aromatic rings. The molecule has 0 amide bonds. The first-order valence-corrected chi connectivity index (χ1v) is 9.21. The Morgan fingerprint density at radius 3 is 2.34 bits per heavy atom. The molecule has 0 saturated heterocycles. The van der Waals surface area contributed by atoms with E-state index in [4.69, 9.17) is 9.47 Å². The fourth-order valence-electron chi connectivity index (χ4n) is 3.38. The Balaban J connectivity index is 2.26. The second kappa shape index (κ2) is 8.22. The summed E-state index contributed by atoms with van der Waals surface area (Å²) in [6.07, 6.45) is 1.49. The molecule has 1 heterocycles. The number of imidazole rings is 1. The van der Waals surface area contributed by atoms with Crippen molar-refractivity contribution in [2.45, 2.75) is 13.8 Å². The van der Waals surface area contributed by atoms with Crippen molar-refractivity contribution in [1.82, 2.24) is 9.55 Å². The summed E-state index contributed by atoms with van der Waals surface area (Å²) in [6, 6.07) is 8.38. The number of rotatable bonds is 6. The molecule has 0 radical (unpaired) electrons. The van der Waals surface area contributed by atoms with Gasteiger partial charge in [0.1, 0.15) is 17.6 Å². The van der Waals surface area contributed by atoms with Crippen molar-refractivity contribution < 1.29 is 24.2 Å². The third kappa shape index (κ3) is 3.49. The minimum absolute atomic E-state index is 0.0213. The molecule has 2 aromatic carbocycles. The van der Waals surface area contributed by atoms with Gasteiger partial charge in [-0.25, -0.2) is 14.6 Å². The number of benzene rings is 2. The normalized spacial score (nSPS) is 10.8. The third-order valence-electron chi connectivity index (χ3n) is 4.85. The molecule has 0 saturated carbocycles. The van der Waals surface area contributed by atoms with Crippen LogP contribution in [0, 0.1) is 0 Å². The van der Waals surface area contributed by atoms with Crippen molar-refractivity contribution in [3.05, 3.63) is 47.8 Å². The van der Waals surface area contributed by atoms with Crippen molar-refractivity contribution in [3.8, 4) is 11.4 Å². The van der Waals surface area contributed by atoms with Gasteiger partial charge in [-0.05, 0) is 38.1 Å². The zero-order chi connectivity index (χ0) is 21.1. The van der Waals surface area contributed by atoms with E-state index in [9.17, 15) is 14.7 Å². The molecule has 0 spiro atoms. The summed E-state index contributed by atoms with van der Waals surface area (Å²) in [5, 5.41) is 10.7. The zero-order valence-corrected chi connectivity index (χ0v) is 16.8. The highest BCUT2D eigenvalue weighted by Crippen LogP contribution is 2.32. The molecule has 0 unspecified atom stereocenters. The summed E-state index contributed by atoms with van der Waals surface area (Å²) in [5.41, 5.74) is 2.23. The van der Waals surface area contributed by atoms with E-state index < -0.39 is 11.9 Å². The zero-order valence-electron chi connectivity index (χ0n) is 16.8. The number of nitrogens with zero attached hydrogens (tertiary/aromatic N) is 3. The number of hydrogen-bond donors (Lipinski definition) is 1. The van der Waals surface area contributed by atoms with Crippen LogP contribution in [0.25, 0.3) is 16.7 Å². The van der Waals surface area contributed by atoms with E-state index in [0.717, 1.165) is 18.8 Å². The third-order valence-corrected chi connectivity index (χ3v) is 4.85. The number of methoxy groups -OCH3 is 2. The van der Waals surface area contributed by atoms with Gasteiger partial charge < -0.3 is 19.5 Å². The molecule has 8 heteroatoms. The Hall–Kier alpha value is -3.55. The minimum Gasteiger partial charge on any atom is -0.506 e. The minimum atomic E-state index is -0.697. The van der Waals surface area contributed by atoms with Crippen molar-refractivity contribution >= 4 is 28.7 Å². The maximum absolute atomic E-state index is 12.5. The van der Waals surface area contributed by atoms with Crippen LogP contribution in [0.3, 0.4) is 0 Å². The van der Waals surface area contributed by atoms with Gasteiger partial charge in [-0.15, -0.1) is 0 Å². The van der Waals surface area contributed by atoms with Gasteiger partial charge in [-0.2, -0.15) is 0 Å². The van der Waals surface area contributed by atoms with Crippen LogP contribution in [0.15, 0.2) is 36.7 Å². The van der Waals surface area contributed by atoms with E-state index in [1.165, 1.54) is 26.6 Å². The Morgan fingerprint density at radius 1 is 1.07 bits per heavy atom. The first-order chi connectivity index (χ1) is 14.0. The number of hydrogen-bond acceptors (Lipinski definition) is 7. The number of aromatic nitrogens is 2. The summed E-state index contributed by atoms with van der Waals surface area (Å²) >= 11 is 0. The highest BCUT2D eigenvalue weighted by Gasteiger charge is 2.25. The van der Waals surface area contributed by atoms with E-state index in [2.05, 4.69) is 9.88 Å². The number of phenolic OH excluding ortho intramolecular Hbond substituents is 1. The van der Waals surface area contributed by atoms with Gasteiger partial charge in [-0.3, -0.25) is 4.57 Å². The predicted octanol–water partition coefficient (Wildman–Crippen LogP) is 3.15. The predicted molar refractivity (Wildman–Crippen MR) is 109 cm³/mol. The first-order valence-electron chi connectivity index (χ1n) is 9.21. The highest BCUT2D eigenvalue weighted by molar-refractivity contribution is 6.11. The van der Waals surface area contributed by atoms with Crippen molar-refractivity contribution in [2.75, 3.05) is 32.2 Å². The summed E-state index contributed by atoms with van der Waals surface area (Å²) in [4.78, 5) is 31.1. The second-order valence-electron chi connectivity index (χ2n) is 6.30. The van der Waals surface area contributed by atoms with Gasteiger partial charge in [0.25, 0.3) is 0 Å². The lowest BCUT2D eigenvalue weighted by Crippen LogP contribution is -2.21. The summed E-state index contributed by atoms with van der Waals surface area (Å²) < 4.78 is 11.3. The monoisotopic (exact) mass is 397 g/mol. The van der Waals surface area contributed by atoms with Crippen LogP contribution in [0.1, 0.15) is 34.6 Å². The molecule has 29 heavy (non-hydrogen) atoms. The number of anilines is 1. The quantitative estimate of drug-likeness (QED) is 0.639. The number of carbonyl (C=O) groups excluding carboxylic acids is 2. The van der Waals surface area contributed by atoms with Crippen LogP contribution in [0.2, 0.25) is 0 Å². The average Bonchev–Trinajstić information content (AvgIpc) is 3.16. The maximum Gasteiger partial charge on any atom is 0.340 e.